The van der Waals surface area contributed by atoms with Crippen molar-refractivity contribution in [3.8, 4) is 5.75 Å². The van der Waals surface area contributed by atoms with Crippen LogP contribution in [-0.4, -0.2) is 68.0 Å². The molecule has 2 aliphatic rings. The van der Waals surface area contributed by atoms with Crippen molar-refractivity contribution in [3.63, 3.8) is 0 Å². The van der Waals surface area contributed by atoms with Crippen molar-refractivity contribution in [1.82, 2.24) is 15.1 Å². The molecule has 1 amide bonds. The molecular formula is C22H34N4O2. The molecule has 2 fully saturated rings. The Morgan fingerprint density at radius 3 is 2.71 bits per heavy atom. The van der Waals surface area contributed by atoms with E-state index in [0.717, 1.165) is 63.6 Å². The fourth-order valence-electron chi connectivity index (χ4n) is 4.42. The third-order valence-electron chi connectivity index (χ3n) is 6.07. The van der Waals surface area contributed by atoms with E-state index < -0.39 is 0 Å². The van der Waals surface area contributed by atoms with Crippen LogP contribution in [-0.2, 0) is 4.79 Å². The van der Waals surface area contributed by atoms with Crippen molar-refractivity contribution < 1.29 is 9.53 Å². The van der Waals surface area contributed by atoms with E-state index in [9.17, 15) is 4.79 Å². The predicted octanol–water partition coefficient (Wildman–Crippen LogP) is 2.85. The van der Waals surface area contributed by atoms with Gasteiger partial charge in [-0.05, 0) is 43.4 Å². The van der Waals surface area contributed by atoms with Crippen LogP contribution in [0.15, 0.2) is 29.3 Å². The molecule has 2 atom stereocenters. The number of ether oxygens (including phenoxy) is 1. The van der Waals surface area contributed by atoms with Crippen LogP contribution < -0.4 is 10.1 Å². The van der Waals surface area contributed by atoms with Gasteiger partial charge in [0.15, 0.2) is 5.96 Å². The Morgan fingerprint density at radius 1 is 1.32 bits per heavy atom. The number of rotatable bonds is 7. The number of aliphatic imine (C=N–C) groups is 1. The van der Waals surface area contributed by atoms with Gasteiger partial charge in [0.1, 0.15) is 5.75 Å². The van der Waals surface area contributed by atoms with E-state index in [-0.39, 0.29) is 0 Å². The Labute approximate surface area is 168 Å². The van der Waals surface area contributed by atoms with Crippen molar-refractivity contribution in [2.45, 2.75) is 51.0 Å². The fourth-order valence-corrected chi connectivity index (χ4v) is 4.42. The molecule has 3 rings (SSSR count). The first kappa shape index (κ1) is 20.5. The number of amides is 1. The molecule has 154 valence electrons. The number of hydrogen-bond acceptors (Lipinski definition) is 3. The van der Waals surface area contributed by atoms with Crippen LogP contribution in [0.2, 0.25) is 0 Å². The minimum atomic E-state index is 0.318. The van der Waals surface area contributed by atoms with Crippen LogP contribution in [0.1, 0.15) is 50.5 Å². The SMILES string of the molecule is CCC(CCNC(=NC)N1CCC(c2ccc(OC)cc2)C1)N1CCCC1=O. The summed E-state index contributed by atoms with van der Waals surface area (Å²) in [6, 6.07) is 8.75. The van der Waals surface area contributed by atoms with Gasteiger partial charge in [0.2, 0.25) is 5.91 Å². The summed E-state index contributed by atoms with van der Waals surface area (Å²) in [5.74, 6) is 2.71. The van der Waals surface area contributed by atoms with Crippen LogP contribution in [0.4, 0.5) is 0 Å². The van der Waals surface area contributed by atoms with E-state index in [1.807, 2.05) is 19.2 Å². The maximum Gasteiger partial charge on any atom is 0.222 e. The summed E-state index contributed by atoms with van der Waals surface area (Å²) < 4.78 is 5.26. The first-order chi connectivity index (χ1) is 13.7. The molecule has 0 spiro atoms. The van der Waals surface area contributed by atoms with Gasteiger partial charge in [-0.15, -0.1) is 0 Å². The highest BCUT2D eigenvalue weighted by atomic mass is 16.5. The van der Waals surface area contributed by atoms with E-state index in [4.69, 9.17) is 4.74 Å². The second-order valence-electron chi connectivity index (χ2n) is 7.72. The summed E-state index contributed by atoms with van der Waals surface area (Å²) in [5.41, 5.74) is 1.36. The number of nitrogens with zero attached hydrogens (tertiary/aromatic N) is 3. The fraction of sp³-hybridized carbons (Fsp3) is 0.636. The molecule has 0 radical (unpaired) electrons. The number of nitrogens with one attached hydrogen (secondary N) is 1. The molecule has 1 N–H and O–H groups in total. The maximum absolute atomic E-state index is 12.0. The first-order valence-corrected chi connectivity index (χ1v) is 10.5. The lowest BCUT2D eigenvalue weighted by atomic mass is 9.98. The van der Waals surface area contributed by atoms with E-state index >= 15 is 0 Å². The highest BCUT2D eigenvalue weighted by Crippen LogP contribution is 2.28. The molecule has 2 aliphatic heterocycles. The zero-order chi connectivity index (χ0) is 19.9. The zero-order valence-electron chi connectivity index (χ0n) is 17.5. The third kappa shape index (κ3) is 4.78. The second kappa shape index (κ2) is 9.80. The first-order valence-electron chi connectivity index (χ1n) is 10.5. The number of methoxy groups -OCH3 is 1. The highest BCUT2D eigenvalue weighted by molar-refractivity contribution is 5.80. The minimum Gasteiger partial charge on any atom is -0.497 e. The summed E-state index contributed by atoms with van der Waals surface area (Å²) in [6.45, 7) is 5.93. The molecule has 6 heteroatoms. The third-order valence-corrected chi connectivity index (χ3v) is 6.07. The zero-order valence-corrected chi connectivity index (χ0v) is 17.5. The molecule has 6 nitrogen and oxygen atoms in total. The lowest BCUT2D eigenvalue weighted by Crippen LogP contribution is -2.43. The lowest BCUT2D eigenvalue weighted by molar-refractivity contribution is -0.129. The summed E-state index contributed by atoms with van der Waals surface area (Å²) >= 11 is 0. The largest absolute Gasteiger partial charge is 0.497 e. The van der Waals surface area contributed by atoms with Crippen molar-refractivity contribution in [1.29, 1.82) is 0 Å². The van der Waals surface area contributed by atoms with E-state index in [1.165, 1.54) is 5.56 Å². The maximum atomic E-state index is 12.0. The van der Waals surface area contributed by atoms with Crippen LogP contribution in [0.3, 0.4) is 0 Å². The van der Waals surface area contributed by atoms with Gasteiger partial charge in [-0.2, -0.15) is 0 Å². The summed E-state index contributed by atoms with van der Waals surface area (Å²) in [4.78, 5) is 20.9. The van der Waals surface area contributed by atoms with Gasteiger partial charge in [-0.1, -0.05) is 19.1 Å². The molecule has 0 bridgehead atoms. The quantitative estimate of drug-likeness (QED) is 0.578. The molecular weight excluding hydrogens is 352 g/mol. The Morgan fingerprint density at radius 2 is 2.11 bits per heavy atom. The number of hydrogen-bond donors (Lipinski definition) is 1. The molecule has 1 aromatic carbocycles. The van der Waals surface area contributed by atoms with E-state index in [1.54, 1.807) is 7.11 Å². The molecule has 2 saturated heterocycles. The van der Waals surface area contributed by atoms with Crippen LogP contribution in [0.5, 0.6) is 5.75 Å². The monoisotopic (exact) mass is 386 g/mol. The van der Waals surface area contributed by atoms with Gasteiger partial charge >= 0.3 is 0 Å². The molecule has 1 aromatic rings. The molecule has 0 aromatic heterocycles. The van der Waals surface area contributed by atoms with Gasteiger partial charge in [0, 0.05) is 51.6 Å². The van der Waals surface area contributed by atoms with Crippen molar-refractivity contribution in [2.24, 2.45) is 4.99 Å². The van der Waals surface area contributed by atoms with Gasteiger partial charge in [-0.25, -0.2) is 0 Å². The second-order valence-corrected chi connectivity index (χ2v) is 7.72. The van der Waals surface area contributed by atoms with Gasteiger partial charge in [0.05, 0.1) is 7.11 Å². The molecule has 0 saturated carbocycles. The Bertz CT molecular complexity index is 674. The smallest absolute Gasteiger partial charge is 0.222 e. The van der Waals surface area contributed by atoms with Crippen molar-refractivity contribution in [3.05, 3.63) is 29.8 Å². The van der Waals surface area contributed by atoms with Crippen LogP contribution >= 0.6 is 0 Å². The van der Waals surface area contributed by atoms with Crippen LogP contribution in [0.25, 0.3) is 0 Å². The van der Waals surface area contributed by atoms with Crippen molar-refractivity contribution >= 4 is 11.9 Å². The average molecular weight is 387 g/mol. The van der Waals surface area contributed by atoms with Gasteiger partial charge in [0.25, 0.3) is 0 Å². The number of likely N-dealkylation sites (tertiary alicyclic amines) is 2. The summed E-state index contributed by atoms with van der Waals surface area (Å²) in [6.07, 6.45) is 4.83. The standard InChI is InChI=1S/C22H34N4O2/c1-4-19(26-14-5-6-21(26)27)11-13-24-22(23-2)25-15-12-18(16-25)17-7-9-20(28-3)10-8-17/h7-10,18-19H,4-6,11-16H2,1-3H3,(H,23,24). The van der Waals surface area contributed by atoms with E-state index in [0.29, 0.717) is 24.3 Å². The molecule has 0 aliphatic carbocycles. The molecule has 2 unspecified atom stereocenters. The predicted molar refractivity (Wildman–Crippen MR) is 113 cm³/mol. The number of carbonyl (C=O) groups is 1. The van der Waals surface area contributed by atoms with E-state index in [2.05, 4.69) is 39.2 Å². The average Bonchev–Trinajstić information content (AvgIpc) is 3.38. The van der Waals surface area contributed by atoms with Gasteiger partial charge in [-0.3, -0.25) is 9.79 Å². The Hall–Kier alpha value is -2.24. The number of guanidine groups is 1. The molecule has 28 heavy (non-hydrogen) atoms. The Kier molecular flexibility index (Phi) is 7.18. The summed E-state index contributed by atoms with van der Waals surface area (Å²) in [7, 11) is 3.55. The summed E-state index contributed by atoms with van der Waals surface area (Å²) in [5, 5.41) is 3.52. The normalized spacial score (nSPS) is 21.3. The lowest BCUT2D eigenvalue weighted by Gasteiger charge is -2.28. The highest BCUT2D eigenvalue weighted by Gasteiger charge is 2.28. The number of carbonyl (C=O) groups excluding carboxylic acids is 1. The van der Waals surface area contributed by atoms with Crippen LogP contribution in [0, 0.1) is 0 Å². The topological polar surface area (TPSA) is 57.2 Å². The molecule has 2 heterocycles. The minimum absolute atomic E-state index is 0.318. The van der Waals surface area contributed by atoms with Gasteiger partial charge < -0.3 is 19.9 Å². The Balaban J connectivity index is 1.49. The number of benzene rings is 1. The van der Waals surface area contributed by atoms with Crippen molar-refractivity contribution in [2.75, 3.05) is 40.3 Å².